The van der Waals surface area contributed by atoms with E-state index >= 15 is 0 Å². The van der Waals surface area contributed by atoms with Gasteiger partial charge >= 0.3 is 0 Å². The highest BCUT2D eigenvalue weighted by molar-refractivity contribution is 6.55. The summed E-state index contributed by atoms with van der Waals surface area (Å²) in [7, 11) is 0. The lowest BCUT2D eigenvalue weighted by Crippen LogP contribution is -2.43. The molecule has 2 aliphatic carbocycles. The van der Waals surface area contributed by atoms with Crippen molar-refractivity contribution in [3.05, 3.63) is 75.3 Å². The molecule has 2 aromatic carbocycles. The Bertz CT molecular complexity index is 1080. The van der Waals surface area contributed by atoms with Gasteiger partial charge in [0.1, 0.15) is 16.8 Å². The first kappa shape index (κ1) is 22.7. The Kier molecular flexibility index (Phi) is 6.50. The molecule has 1 fully saturated rings. The summed E-state index contributed by atoms with van der Waals surface area (Å²) >= 11 is 11.5. The van der Waals surface area contributed by atoms with Crippen molar-refractivity contribution in [3.8, 4) is 5.75 Å². The average Bonchev–Trinajstić information content (AvgIpc) is 3.09. The molecule has 0 aromatic heterocycles. The van der Waals surface area contributed by atoms with Gasteiger partial charge in [-0.2, -0.15) is 0 Å². The molecule has 0 bridgehead atoms. The van der Waals surface area contributed by atoms with Crippen LogP contribution in [-0.4, -0.2) is 11.8 Å². The third-order valence-electron chi connectivity index (χ3n) is 6.46. The standard InChI is InChI=1S/C25H26Cl2N2O3/c1-25(2)20(13-21(26)27)22(25)24(31)29-28-23(30)18-8-3-5-15(11-18)14-32-19-10-9-16-6-4-7-17(16)12-19/h3,5,8-13,20,22H,4,6-7,14H2,1-2H3,(H,28,30)(H,29,31)/t20-,22+/m0/s1. The fourth-order valence-corrected chi connectivity index (χ4v) is 4.77. The second-order valence-electron chi connectivity index (χ2n) is 9.00. The van der Waals surface area contributed by atoms with Crippen molar-refractivity contribution >= 4 is 35.0 Å². The number of benzene rings is 2. The van der Waals surface area contributed by atoms with Crippen LogP contribution in [0.5, 0.6) is 5.75 Å². The molecule has 2 atom stereocenters. The number of aryl methyl sites for hydroxylation is 2. The maximum atomic E-state index is 12.5. The minimum atomic E-state index is -0.390. The zero-order valence-electron chi connectivity index (χ0n) is 18.1. The summed E-state index contributed by atoms with van der Waals surface area (Å²) in [6, 6.07) is 13.4. The smallest absolute Gasteiger partial charge is 0.269 e. The second kappa shape index (κ2) is 9.16. The van der Waals surface area contributed by atoms with Gasteiger partial charge in [-0.1, -0.05) is 55.2 Å². The minimum Gasteiger partial charge on any atom is -0.489 e. The van der Waals surface area contributed by atoms with Crippen LogP contribution >= 0.6 is 23.2 Å². The molecule has 4 rings (SSSR count). The number of carbonyl (C=O) groups excluding carboxylic acids is 2. The van der Waals surface area contributed by atoms with Crippen LogP contribution < -0.4 is 15.6 Å². The predicted molar refractivity (Wildman–Crippen MR) is 125 cm³/mol. The van der Waals surface area contributed by atoms with Crippen LogP contribution in [0.4, 0.5) is 0 Å². The molecule has 0 radical (unpaired) electrons. The Balaban J connectivity index is 1.31. The third-order valence-corrected chi connectivity index (χ3v) is 6.71. The average molecular weight is 473 g/mol. The third kappa shape index (κ3) is 4.94. The number of carbonyl (C=O) groups is 2. The lowest BCUT2D eigenvalue weighted by molar-refractivity contribution is -0.123. The van der Waals surface area contributed by atoms with E-state index < -0.39 is 5.91 Å². The number of allylic oxidation sites excluding steroid dienone is 1. The molecule has 2 aromatic rings. The van der Waals surface area contributed by atoms with Crippen LogP contribution in [0.1, 0.15) is 47.3 Å². The van der Waals surface area contributed by atoms with Crippen molar-refractivity contribution in [2.45, 2.75) is 39.7 Å². The van der Waals surface area contributed by atoms with Crippen LogP contribution in [0.25, 0.3) is 0 Å². The van der Waals surface area contributed by atoms with Crippen LogP contribution in [-0.2, 0) is 24.2 Å². The fraction of sp³-hybridized carbons (Fsp3) is 0.360. The van der Waals surface area contributed by atoms with Gasteiger partial charge in [0.2, 0.25) is 5.91 Å². The van der Waals surface area contributed by atoms with Crippen molar-refractivity contribution in [1.82, 2.24) is 10.9 Å². The predicted octanol–water partition coefficient (Wildman–Crippen LogP) is 5.11. The molecule has 168 valence electrons. The van der Waals surface area contributed by atoms with Crippen molar-refractivity contribution in [3.63, 3.8) is 0 Å². The summed E-state index contributed by atoms with van der Waals surface area (Å²) in [5.74, 6) is -0.194. The molecule has 2 amide bonds. The van der Waals surface area contributed by atoms with E-state index in [1.807, 2.05) is 26.0 Å². The number of amides is 2. The van der Waals surface area contributed by atoms with Crippen LogP contribution in [0, 0.1) is 17.3 Å². The number of halogens is 2. The van der Waals surface area contributed by atoms with Crippen LogP contribution in [0.15, 0.2) is 53.0 Å². The van der Waals surface area contributed by atoms with Crippen LogP contribution in [0.2, 0.25) is 0 Å². The van der Waals surface area contributed by atoms with Gasteiger partial charge in [0.15, 0.2) is 0 Å². The Morgan fingerprint density at radius 1 is 1.09 bits per heavy atom. The van der Waals surface area contributed by atoms with Crippen molar-refractivity contribution < 1.29 is 14.3 Å². The summed E-state index contributed by atoms with van der Waals surface area (Å²) in [5, 5.41) is 0. The molecule has 0 spiro atoms. The molecule has 1 saturated carbocycles. The molecular formula is C25H26Cl2N2O3. The van der Waals surface area contributed by atoms with Crippen LogP contribution in [0.3, 0.4) is 0 Å². The number of hydrogen-bond donors (Lipinski definition) is 2. The lowest BCUT2D eigenvalue weighted by Gasteiger charge is -2.11. The van der Waals surface area contributed by atoms with E-state index in [2.05, 4.69) is 23.0 Å². The highest BCUT2D eigenvalue weighted by atomic mass is 35.5. The second-order valence-corrected chi connectivity index (χ2v) is 10.0. The molecule has 2 N–H and O–H groups in total. The maximum absolute atomic E-state index is 12.5. The van der Waals surface area contributed by atoms with Crippen molar-refractivity contribution in [1.29, 1.82) is 0 Å². The van der Waals surface area contributed by atoms with Crippen molar-refractivity contribution in [2.24, 2.45) is 17.3 Å². The quantitative estimate of drug-likeness (QED) is 0.574. The van der Waals surface area contributed by atoms with E-state index in [9.17, 15) is 9.59 Å². The Morgan fingerprint density at radius 2 is 1.88 bits per heavy atom. The molecule has 32 heavy (non-hydrogen) atoms. The van der Waals surface area contributed by atoms with Gasteiger partial charge in [-0.25, -0.2) is 0 Å². The topological polar surface area (TPSA) is 67.4 Å². The van der Waals surface area contributed by atoms with E-state index in [1.165, 1.54) is 17.5 Å². The van der Waals surface area contributed by atoms with Crippen molar-refractivity contribution in [2.75, 3.05) is 0 Å². The molecule has 0 saturated heterocycles. The Morgan fingerprint density at radius 3 is 2.66 bits per heavy atom. The summed E-state index contributed by atoms with van der Waals surface area (Å²) in [6.45, 7) is 4.28. The number of nitrogens with one attached hydrogen (secondary N) is 2. The Labute approximate surface area is 198 Å². The van der Waals surface area contributed by atoms with Gasteiger partial charge in [0.25, 0.3) is 5.91 Å². The summed E-state index contributed by atoms with van der Waals surface area (Å²) in [6.07, 6.45) is 5.10. The highest BCUT2D eigenvalue weighted by Gasteiger charge is 2.60. The maximum Gasteiger partial charge on any atom is 0.269 e. The Hall–Kier alpha value is -2.50. The van der Waals surface area contributed by atoms with E-state index in [0.29, 0.717) is 12.2 Å². The van der Waals surface area contributed by atoms with Gasteiger partial charge in [-0.3, -0.25) is 20.4 Å². The molecule has 0 heterocycles. The molecule has 0 unspecified atom stereocenters. The van der Waals surface area contributed by atoms with Gasteiger partial charge < -0.3 is 4.74 Å². The molecular weight excluding hydrogens is 447 g/mol. The number of rotatable bonds is 6. The fourth-order valence-electron chi connectivity index (χ4n) is 4.50. The number of hydrogen-bond acceptors (Lipinski definition) is 3. The first-order chi connectivity index (χ1) is 15.3. The molecule has 2 aliphatic rings. The number of fused-ring (bicyclic) bond motifs is 1. The minimum absolute atomic E-state index is 0.0657. The molecule has 7 heteroatoms. The van der Waals surface area contributed by atoms with Gasteiger partial charge in [-0.05, 0) is 77.6 Å². The summed E-state index contributed by atoms with van der Waals surface area (Å²) < 4.78 is 6.07. The molecule has 5 nitrogen and oxygen atoms in total. The molecule has 0 aliphatic heterocycles. The first-order valence-electron chi connectivity index (χ1n) is 10.7. The monoisotopic (exact) mass is 472 g/mol. The summed E-state index contributed by atoms with van der Waals surface area (Å²) in [4.78, 5) is 25.0. The van der Waals surface area contributed by atoms with E-state index in [-0.39, 0.29) is 27.6 Å². The van der Waals surface area contributed by atoms with E-state index in [0.717, 1.165) is 24.2 Å². The largest absolute Gasteiger partial charge is 0.489 e. The normalized spacial score (nSPS) is 20.1. The highest BCUT2D eigenvalue weighted by Crippen LogP contribution is 2.59. The lowest BCUT2D eigenvalue weighted by atomic mass is 10.1. The van der Waals surface area contributed by atoms with Gasteiger partial charge in [-0.15, -0.1) is 0 Å². The van der Waals surface area contributed by atoms with E-state index in [4.69, 9.17) is 27.9 Å². The summed E-state index contributed by atoms with van der Waals surface area (Å²) in [5.41, 5.74) is 8.82. The number of hydrazine groups is 1. The number of ether oxygens (including phenoxy) is 1. The van der Waals surface area contributed by atoms with Gasteiger partial charge in [0.05, 0.1) is 5.92 Å². The zero-order valence-corrected chi connectivity index (χ0v) is 19.6. The van der Waals surface area contributed by atoms with E-state index in [1.54, 1.807) is 24.3 Å². The van der Waals surface area contributed by atoms with Gasteiger partial charge in [0, 0.05) is 5.56 Å². The SMILES string of the molecule is CC1(C)[C@@H](C=C(Cl)Cl)[C@@H]1C(=O)NNC(=O)c1cccc(COc2ccc3c(c2)CCC3)c1. The first-order valence-corrected chi connectivity index (χ1v) is 11.5. The zero-order chi connectivity index (χ0) is 22.9.